The van der Waals surface area contributed by atoms with Crippen LogP contribution in [0, 0.1) is 5.92 Å². The van der Waals surface area contributed by atoms with Crippen LogP contribution in [-0.2, 0) is 0 Å². The number of aromatic nitrogens is 9. The van der Waals surface area contributed by atoms with Crippen LogP contribution in [-0.4, -0.2) is 144 Å². The second-order valence-corrected chi connectivity index (χ2v) is 30.1. The van der Waals surface area contributed by atoms with E-state index < -0.39 is 11.8 Å². The van der Waals surface area contributed by atoms with Gasteiger partial charge in [0.2, 0.25) is 0 Å². The fourth-order valence-corrected chi connectivity index (χ4v) is 15.4. The molecule has 0 saturated heterocycles. The van der Waals surface area contributed by atoms with Gasteiger partial charge < -0.3 is 69.1 Å². The molecule has 0 fully saturated rings. The fourth-order valence-electron chi connectivity index (χ4n) is 15.4. The summed E-state index contributed by atoms with van der Waals surface area (Å²) in [4.78, 5) is 98.6. The van der Waals surface area contributed by atoms with Crippen LogP contribution in [0.4, 0.5) is 5.69 Å². The van der Waals surface area contributed by atoms with E-state index in [-0.39, 0.29) is 54.4 Å². The number of aromatic amines is 2. The van der Waals surface area contributed by atoms with E-state index in [0.29, 0.717) is 224 Å². The number of hydrogen-bond donors (Lipinski definition) is 6. The van der Waals surface area contributed by atoms with E-state index in [1.54, 1.807) is 116 Å². The molecule has 2 aliphatic rings. The largest absolute Gasteiger partial charge is 0.496 e. The van der Waals surface area contributed by atoms with Crippen LogP contribution in [0.3, 0.4) is 0 Å². The van der Waals surface area contributed by atoms with Crippen molar-refractivity contribution in [1.29, 1.82) is 0 Å². The molecule has 25 heteroatoms. The van der Waals surface area contributed by atoms with Crippen LogP contribution in [0.2, 0.25) is 0 Å². The summed E-state index contributed by atoms with van der Waals surface area (Å²) in [5.41, 5.74) is 17.1. The predicted molar refractivity (Wildman–Crippen MR) is 495 cm³/mol. The lowest BCUT2D eigenvalue weighted by atomic mass is 9.98. The molecule has 8 bridgehead atoms. The zero-order chi connectivity index (χ0) is 87.9. The van der Waals surface area contributed by atoms with Crippen LogP contribution < -0.4 is 59.2 Å². The van der Waals surface area contributed by atoms with Gasteiger partial charge in [-0.1, -0.05) is 74.5 Å². The number of anilines is 1. The SMILES string of the molecule is COc1cccc(OC)c1-c1c2nc(c(-c3c(OC)cccc3OC)c3ccc([nH]3)c(-c3c(OC)cccc3OC)c3nc(c(-c4ccc(C(=O)Nc5ccc(C(=O)NCC(C)C)c(OCCCNC(=O)c6cccc(-c7cc(-c8ccccn8)nc(-c8ccccn8)c7)c6OCCCCNC(=O)c6ccc(-c7ccccn7)nc6)c5)cc4)c4ccc1[nH]4)C=C3)C=C2. The van der Waals surface area contributed by atoms with Crippen molar-refractivity contribution >= 4 is 75.7 Å². The number of H-pyrrole nitrogens is 2. The van der Waals surface area contributed by atoms with Crippen LogP contribution in [0.5, 0.6) is 46.0 Å². The van der Waals surface area contributed by atoms with Crippen molar-refractivity contribution in [2.24, 2.45) is 5.92 Å². The molecule has 127 heavy (non-hydrogen) atoms. The van der Waals surface area contributed by atoms with E-state index in [4.69, 9.17) is 52.8 Å². The van der Waals surface area contributed by atoms with Gasteiger partial charge in [0.25, 0.3) is 23.6 Å². The van der Waals surface area contributed by atoms with Crippen molar-refractivity contribution in [3.8, 4) is 136 Å². The first-order chi connectivity index (χ1) is 62.2. The number of hydrogen-bond acceptors (Lipinski definition) is 19. The van der Waals surface area contributed by atoms with Crippen molar-refractivity contribution in [2.75, 3.05) is 80.8 Å². The molecule has 6 aromatic carbocycles. The van der Waals surface area contributed by atoms with Crippen molar-refractivity contribution in [3.05, 3.63) is 288 Å². The average Bonchev–Trinajstić information content (AvgIpc) is 1.60. The van der Waals surface area contributed by atoms with Crippen molar-refractivity contribution in [2.45, 2.75) is 33.1 Å². The summed E-state index contributed by atoms with van der Waals surface area (Å²) < 4.78 is 50.0. The first-order valence-corrected chi connectivity index (χ1v) is 41.5. The Hall–Kier alpha value is -16.1. The summed E-state index contributed by atoms with van der Waals surface area (Å²) >= 11 is 0. The van der Waals surface area contributed by atoms with Crippen molar-refractivity contribution < 1.29 is 57.1 Å². The summed E-state index contributed by atoms with van der Waals surface area (Å²) in [6.45, 7) is 5.16. The summed E-state index contributed by atoms with van der Waals surface area (Å²) in [5, 5.41) is 12.2. The van der Waals surface area contributed by atoms with E-state index in [1.807, 2.05) is 202 Å². The highest BCUT2D eigenvalue weighted by molar-refractivity contribution is 6.07. The average molecular weight is 1690 g/mol. The van der Waals surface area contributed by atoms with Crippen LogP contribution in [0.25, 0.3) is 136 Å². The normalized spacial score (nSPS) is 11.4. The molecular formula is C102H91N13O12. The number of para-hydroxylation sites is 1. The molecule has 25 nitrogen and oxygen atoms in total. The monoisotopic (exact) mass is 1690 g/mol. The Balaban J connectivity index is 0.690. The van der Waals surface area contributed by atoms with E-state index in [2.05, 4.69) is 51.2 Å². The number of pyridine rings is 5. The van der Waals surface area contributed by atoms with Gasteiger partial charge in [0.15, 0.2) is 0 Å². The molecule has 636 valence electrons. The van der Waals surface area contributed by atoms with Gasteiger partial charge in [0.05, 0.1) is 146 Å². The minimum absolute atomic E-state index is 0.0571. The number of carbonyl (C=O) groups is 4. The topological polar surface area (TPSA) is 312 Å². The number of unbranched alkanes of at least 4 members (excludes halogenated alkanes) is 1. The number of nitrogens with one attached hydrogen (secondary N) is 6. The van der Waals surface area contributed by atoms with E-state index >= 15 is 0 Å². The van der Waals surface area contributed by atoms with Gasteiger partial charge in [0.1, 0.15) is 46.0 Å². The Morgan fingerprint density at radius 1 is 0.346 bits per heavy atom. The number of rotatable bonds is 32. The maximum atomic E-state index is 14.8. The molecule has 0 unspecified atom stereocenters. The summed E-state index contributed by atoms with van der Waals surface area (Å²) in [6.07, 6.45) is 15.9. The highest BCUT2D eigenvalue weighted by Gasteiger charge is 2.29. The zero-order valence-electron chi connectivity index (χ0n) is 71.2. The molecule has 0 radical (unpaired) electrons. The molecular weight excluding hydrogens is 1600 g/mol. The molecule has 10 heterocycles. The van der Waals surface area contributed by atoms with Gasteiger partial charge >= 0.3 is 0 Å². The Morgan fingerprint density at radius 3 is 1.28 bits per heavy atom. The minimum Gasteiger partial charge on any atom is -0.496 e. The highest BCUT2D eigenvalue weighted by Crippen LogP contribution is 2.49. The van der Waals surface area contributed by atoms with Crippen LogP contribution in [0.15, 0.2) is 243 Å². The maximum absolute atomic E-state index is 14.8. The maximum Gasteiger partial charge on any atom is 0.255 e. The lowest BCUT2D eigenvalue weighted by molar-refractivity contribution is 0.0938. The lowest BCUT2D eigenvalue weighted by Crippen LogP contribution is -2.28. The molecule has 0 spiro atoms. The third-order valence-corrected chi connectivity index (χ3v) is 21.5. The number of carbonyl (C=O) groups excluding carboxylic acids is 4. The molecule has 8 aromatic heterocycles. The lowest BCUT2D eigenvalue weighted by Gasteiger charge is -2.18. The molecule has 16 rings (SSSR count). The van der Waals surface area contributed by atoms with Gasteiger partial charge in [-0.05, 0) is 212 Å². The predicted octanol–water partition coefficient (Wildman–Crippen LogP) is 19.4. The van der Waals surface area contributed by atoms with E-state index in [0.717, 1.165) is 0 Å². The van der Waals surface area contributed by atoms with Gasteiger partial charge in [-0.2, -0.15) is 0 Å². The second kappa shape index (κ2) is 39.0. The third-order valence-electron chi connectivity index (χ3n) is 21.5. The molecule has 0 saturated carbocycles. The minimum atomic E-state index is -0.442. The Kier molecular flexibility index (Phi) is 26.0. The molecule has 0 aliphatic carbocycles. The number of ether oxygens (including phenoxy) is 8. The molecule has 0 atom stereocenters. The summed E-state index contributed by atoms with van der Waals surface area (Å²) in [6, 6.07) is 66.6. The van der Waals surface area contributed by atoms with Gasteiger partial charge in [-0.15, -0.1) is 0 Å². The zero-order valence-corrected chi connectivity index (χ0v) is 71.2. The highest BCUT2D eigenvalue weighted by atomic mass is 16.5. The standard InChI is InChI=1S/C102H91N13O12/c1-61(2)59-109-101(118)68-39-38-66(58-90(68)126-55-21-53-107-102(119)69-23-17-22-67(65-56-82(71-25-10-13-50-104-71)115-83(57-65)72-26-11-14-51-105-72)98(69)127-54-16-15-52-106-99(116)64-37-40-73(108-60-64)70-24-9-12-49-103-70)110-100(117)63-35-33-62(34-36-63)91-74-41-43-76(111-74)92(95-84(120-3)27-18-28-85(95)121-4)78-45-47-80(113-78)94(97-88(124-7)31-20-32-89(97)125-8)81-48-46-79(114-81)93(77-44-42-75(91)112-77)96-86(122-5)29-19-30-87(96)123-6/h9-14,17-20,22-51,56-58,60-61,111,114H,15-16,21,52-55,59H2,1-8H3,(H,106,116)(H,107,119)(H,109,118)(H,110,117). The Morgan fingerprint density at radius 2 is 0.795 bits per heavy atom. The Bertz CT molecular complexity index is 6500. The molecule has 14 aromatic rings. The first-order valence-electron chi connectivity index (χ1n) is 41.5. The van der Waals surface area contributed by atoms with Gasteiger partial charge in [-0.3, -0.25) is 39.1 Å². The smallest absolute Gasteiger partial charge is 0.255 e. The molecule has 2 aliphatic heterocycles. The second-order valence-electron chi connectivity index (χ2n) is 30.1. The number of amides is 4. The summed E-state index contributed by atoms with van der Waals surface area (Å²) in [7, 11) is 9.73. The van der Waals surface area contributed by atoms with Gasteiger partial charge in [0, 0.05) is 112 Å². The van der Waals surface area contributed by atoms with E-state index in [1.165, 1.54) is 6.20 Å². The fraction of sp³-hybridized carbons (Fsp3) is 0.167. The first kappa shape index (κ1) is 84.6. The number of fused-ring (bicyclic) bond motifs is 8. The summed E-state index contributed by atoms with van der Waals surface area (Å²) in [5.74, 6) is 2.47. The van der Waals surface area contributed by atoms with Gasteiger partial charge in [-0.25, -0.2) is 15.0 Å². The number of benzene rings is 6. The quantitative estimate of drug-likeness (QED) is 0.0213. The number of nitrogens with zero attached hydrogens (tertiary/aromatic N) is 7. The number of methoxy groups -OCH3 is 6. The molecule has 4 amide bonds. The van der Waals surface area contributed by atoms with Crippen LogP contribution in [0.1, 0.15) is 97.3 Å². The third kappa shape index (κ3) is 18.5. The Labute approximate surface area is 733 Å². The van der Waals surface area contributed by atoms with Crippen molar-refractivity contribution in [1.82, 2.24) is 60.8 Å². The van der Waals surface area contributed by atoms with E-state index in [9.17, 15) is 19.2 Å². The van der Waals surface area contributed by atoms with Crippen molar-refractivity contribution in [3.63, 3.8) is 0 Å². The molecule has 6 N–H and O–H groups in total. The van der Waals surface area contributed by atoms with Crippen LogP contribution >= 0.6 is 0 Å².